The fourth-order valence-corrected chi connectivity index (χ4v) is 3.59. The van der Waals surface area contributed by atoms with Gasteiger partial charge in [-0.25, -0.2) is 15.0 Å². The molecule has 168 valence electrons. The minimum atomic E-state index is -0.606. The second-order valence-corrected chi connectivity index (χ2v) is 7.34. The standard InChI is InChI=1S/C21H23N5O6/c1-12(27)30-9-17-16(31-13(2)28)7-18(32-17)26-11-25-19-20(23-10-24-21(19)26)22-8-14-5-3-4-6-15(14)29/h3-6,10-11,16-18,29H,7-9H2,1-2H3,(H,22,23,24)/t16-,17-,18-/m1/s1. The summed E-state index contributed by atoms with van der Waals surface area (Å²) < 4.78 is 18.2. The second-order valence-electron chi connectivity index (χ2n) is 7.34. The van der Waals surface area contributed by atoms with E-state index in [4.69, 9.17) is 14.2 Å². The number of anilines is 1. The van der Waals surface area contributed by atoms with Gasteiger partial charge in [0.05, 0.1) is 6.33 Å². The molecule has 0 amide bonds. The number of imidazole rings is 1. The molecule has 3 heterocycles. The van der Waals surface area contributed by atoms with Crippen LogP contribution < -0.4 is 5.32 Å². The number of esters is 2. The van der Waals surface area contributed by atoms with Crippen LogP contribution in [0.5, 0.6) is 5.75 Å². The zero-order valence-electron chi connectivity index (χ0n) is 17.6. The van der Waals surface area contributed by atoms with Crippen molar-refractivity contribution in [2.24, 2.45) is 0 Å². The quantitative estimate of drug-likeness (QED) is 0.523. The first-order valence-electron chi connectivity index (χ1n) is 10.1. The van der Waals surface area contributed by atoms with E-state index in [2.05, 4.69) is 20.3 Å². The monoisotopic (exact) mass is 441 g/mol. The number of nitrogens with zero attached hydrogens (tertiary/aromatic N) is 4. The summed E-state index contributed by atoms with van der Waals surface area (Å²) in [7, 11) is 0. The highest BCUT2D eigenvalue weighted by molar-refractivity contribution is 5.82. The number of benzene rings is 1. The molecule has 2 aromatic heterocycles. The number of nitrogens with one attached hydrogen (secondary N) is 1. The first-order chi connectivity index (χ1) is 15.4. The van der Waals surface area contributed by atoms with E-state index in [0.29, 0.717) is 29.9 Å². The van der Waals surface area contributed by atoms with Gasteiger partial charge < -0.3 is 24.6 Å². The minimum absolute atomic E-state index is 0.0290. The molecule has 11 heteroatoms. The zero-order chi connectivity index (χ0) is 22.7. The number of aromatic nitrogens is 4. The molecule has 3 atom stereocenters. The predicted octanol–water partition coefficient (Wildman–Crippen LogP) is 1.93. The van der Waals surface area contributed by atoms with Crippen LogP contribution in [0.2, 0.25) is 0 Å². The molecule has 1 aliphatic heterocycles. The molecule has 2 N–H and O–H groups in total. The molecular weight excluding hydrogens is 418 g/mol. The van der Waals surface area contributed by atoms with Crippen LogP contribution in [0.4, 0.5) is 5.82 Å². The topological polar surface area (TPSA) is 138 Å². The number of phenols is 1. The fraction of sp³-hybridized carbons (Fsp3) is 0.381. The lowest BCUT2D eigenvalue weighted by atomic mass is 10.2. The van der Waals surface area contributed by atoms with Gasteiger partial charge in [0.15, 0.2) is 17.0 Å². The minimum Gasteiger partial charge on any atom is -0.508 e. The van der Waals surface area contributed by atoms with E-state index in [9.17, 15) is 14.7 Å². The van der Waals surface area contributed by atoms with Crippen molar-refractivity contribution in [3.8, 4) is 5.75 Å². The van der Waals surface area contributed by atoms with E-state index in [1.807, 2.05) is 12.1 Å². The molecule has 0 spiro atoms. The lowest BCUT2D eigenvalue weighted by molar-refractivity contribution is -0.155. The van der Waals surface area contributed by atoms with Gasteiger partial charge in [-0.05, 0) is 6.07 Å². The maximum absolute atomic E-state index is 11.5. The molecule has 0 radical (unpaired) electrons. The van der Waals surface area contributed by atoms with Gasteiger partial charge in [0, 0.05) is 32.4 Å². The number of hydrogen-bond donors (Lipinski definition) is 2. The molecule has 1 saturated heterocycles. The molecular formula is C21H23N5O6. The Hall–Kier alpha value is -3.73. The van der Waals surface area contributed by atoms with Crippen molar-refractivity contribution in [1.82, 2.24) is 19.5 Å². The first-order valence-corrected chi connectivity index (χ1v) is 10.1. The molecule has 11 nitrogen and oxygen atoms in total. The van der Waals surface area contributed by atoms with Gasteiger partial charge in [0.2, 0.25) is 0 Å². The lowest BCUT2D eigenvalue weighted by Crippen LogP contribution is -2.31. The predicted molar refractivity (Wildman–Crippen MR) is 111 cm³/mol. The van der Waals surface area contributed by atoms with Crippen molar-refractivity contribution in [2.75, 3.05) is 11.9 Å². The Morgan fingerprint density at radius 3 is 2.78 bits per heavy atom. The number of ether oxygens (including phenoxy) is 3. The Kier molecular flexibility index (Phi) is 6.17. The second kappa shape index (κ2) is 9.18. The number of carbonyl (C=O) groups is 2. The summed E-state index contributed by atoms with van der Waals surface area (Å²) in [5.41, 5.74) is 1.77. The van der Waals surface area contributed by atoms with Gasteiger partial charge in [0.1, 0.15) is 37.1 Å². The third-order valence-corrected chi connectivity index (χ3v) is 5.06. The third-order valence-electron chi connectivity index (χ3n) is 5.06. The van der Waals surface area contributed by atoms with E-state index < -0.39 is 30.4 Å². The maximum atomic E-state index is 11.5. The molecule has 1 aliphatic rings. The van der Waals surface area contributed by atoms with Crippen LogP contribution in [0, 0.1) is 0 Å². The molecule has 0 bridgehead atoms. The van der Waals surface area contributed by atoms with Gasteiger partial charge in [-0.1, -0.05) is 18.2 Å². The molecule has 0 unspecified atom stereocenters. The molecule has 0 saturated carbocycles. The van der Waals surface area contributed by atoms with Crippen LogP contribution in [-0.4, -0.2) is 55.4 Å². The normalized spacial score (nSPS) is 20.2. The van der Waals surface area contributed by atoms with Crippen molar-refractivity contribution >= 4 is 28.9 Å². The van der Waals surface area contributed by atoms with Crippen molar-refractivity contribution in [2.45, 2.75) is 45.2 Å². The van der Waals surface area contributed by atoms with E-state index in [0.717, 1.165) is 5.56 Å². The average Bonchev–Trinajstić information content (AvgIpc) is 3.35. The van der Waals surface area contributed by atoms with E-state index in [-0.39, 0.29) is 12.4 Å². The Morgan fingerprint density at radius 2 is 2.03 bits per heavy atom. The van der Waals surface area contributed by atoms with E-state index in [1.165, 1.54) is 20.2 Å². The SMILES string of the molecule is CC(=O)OC[C@H]1O[C@@H](n2cnc3c(NCc4ccccc4O)ncnc32)C[C@H]1OC(C)=O. The summed E-state index contributed by atoms with van der Waals surface area (Å²) in [5.74, 6) is -0.200. The largest absolute Gasteiger partial charge is 0.508 e. The van der Waals surface area contributed by atoms with Crippen molar-refractivity contribution in [3.05, 3.63) is 42.5 Å². The third kappa shape index (κ3) is 4.62. The number of carbonyl (C=O) groups excluding carboxylic acids is 2. The van der Waals surface area contributed by atoms with Crippen LogP contribution >= 0.6 is 0 Å². The number of aromatic hydroxyl groups is 1. The highest BCUT2D eigenvalue weighted by Gasteiger charge is 2.40. The van der Waals surface area contributed by atoms with Crippen LogP contribution in [0.25, 0.3) is 11.2 Å². The number of hydrogen-bond acceptors (Lipinski definition) is 10. The average molecular weight is 441 g/mol. The first kappa shape index (κ1) is 21.5. The Labute approximate surface area is 183 Å². The molecule has 32 heavy (non-hydrogen) atoms. The lowest BCUT2D eigenvalue weighted by Gasteiger charge is -2.17. The summed E-state index contributed by atoms with van der Waals surface area (Å²) in [6.45, 7) is 2.94. The summed E-state index contributed by atoms with van der Waals surface area (Å²) in [5, 5.41) is 13.1. The van der Waals surface area contributed by atoms with Gasteiger partial charge in [-0.3, -0.25) is 14.2 Å². The number of rotatable bonds is 7. The van der Waals surface area contributed by atoms with Gasteiger partial charge in [-0.15, -0.1) is 0 Å². The van der Waals surface area contributed by atoms with Gasteiger partial charge >= 0.3 is 11.9 Å². The molecule has 1 fully saturated rings. The zero-order valence-corrected chi connectivity index (χ0v) is 17.6. The highest BCUT2D eigenvalue weighted by atomic mass is 16.6. The number of phenolic OH excluding ortho intramolecular Hbond substituents is 1. The van der Waals surface area contributed by atoms with E-state index in [1.54, 1.807) is 23.0 Å². The number of fused-ring (bicyclic) bond motifs is 1. The molecule has 1 aromatic carbocycles. The number of para-hydroxylation sites is 1. The van der Waals surface area contributed by atoms with Gasteiger partial charge in [-0.2, -0.15) is 0 Å². The van der Waals surface area contributed by atoms with Crippen LogP contribution in [-0.2, 0) is 30.3 Å². The Morgan fingerprint density at radius 1 is 1.22 bits per heavy atom. The Bertz CT molecular complexity index is 1130. The van der Waals surface area contributed by atoms with Crippen molar-refractivity contribution < 1.29 is 28.9 Å². The van der Waals surface area contributed by atoms with Crippen LogP contribution in [0.1, 0.15) is 32.1 Å². The highest BCUT2D eigenvalue weighted by Crippen LogP contribution is 2.33. The van der Waals surface area contributed by atoms with E-state index >= 15 is 0 Å². The fourth-order valence-electron chi connectivity index (χ4n) is 3.59. The van der Waals surface area contributed by atoms with Crippen molar-refractivity contribution in [1.29, 1.82) is 0 Å². The van der Waals surface area contributed by atoms with Gasteiger partial charge in [0.25, 0.3) is 0 Å². The van der Waals surface area contributed by atoms with Crippen LogP contribution in [0.3, 0.4) is 0 Å². The Balaban J connectivity index is 1.54. The molecule has 4 rings (SSSR count). The summed E-state index contributed by atoms with van der Waals surface area (Å²) in [6.07, 6.45) is 1.63. The molecule has 3 aromatic rings. The smallest absolute Gasteiger partial charge is 0.303 e. The summed E-state index contributed by atoms with van der Waals surface area (Å²) in [6, 6.07) is 7.02. The maximum Gasteiger partial charge on any atom is 0.303 e. The van der Waals surface area contributed by atoms with Crippen LogP contribution in [0.15, 0.2) is 36.9 Å². The molecule has 0 aliphatic carbocycles. The summed E-state index contributed by atoms with van der Waals surface area (Å²) >= 11 is 0. The van der Waals surface area contributed by atoms with Crippen molar-refractivity contribution in [3.63, 3.8) is 0 Å². The summed E-state index contributed by atoms with van der Waals surface area (Å²) in [4.78, 5) is 35.7.